The standard InChI is InChI=1S/C13H24N2S/c1-3-4-5-6-7-8-9-14-12(2)13-10-16-11-15-13/h10-12,14H,3-9H2,1-2H3. The number of thiazole rings is 1. The van der Waals surface area contributed by atoms with Crippen molar-refractivity contribution in [3.05, 3.63) is 16.6 Å². The van der Waals surface area contributed by atoms with Crippen molar-refractivity contribution in [2.75, 3.05) is 6.54 Å². The summed E-state index contributed by atoms with van der Waals surface area (Å²) >= 11 is 1.67. The molecule has 1 N–H and O–H groups in total. The molecule has 0 aromatic carbocycles. The summed E-state index contributed by atoms with van der Waals surface area (Å²) in [5, 5.41) is 5.64. The molecule has 1 rings (SSSR count). The Labute approximate surface area is 103 Å². The molecular formula is C13H24N2S. The van der Waals surface area contributed by atoms with Gasteiger partial charge in [0.2, 0.25) is 0 Å². The van der Waals surface area contributed by atoms with Crippen LogP contribution in [0.5, 0.6) is 0 Å². The third-order valence-electron chi connectivity index (χ3n) is 2.88. The Bertz CT molecular complexity index is 246. The minimum absolute atomic E-state index is 0.405. The lowest BCUT2D eigenvalue weighted by Gasteiger charge is -2.10. The van der Waals surface area contributed by atoms with Crippen LogP contribution >= 0.6 is 11.3 Å². The van der Waals surface area contributed by atoms with Crippen molar-refractivity contribution in [1.29, 1.82) is 0 Å². The van der Waals surface area contributed by atoms with Gasteiger partial charge in [-0.15, -0.1) is 11.3 Å². The maximum Gasteiger partial charge on any atom is 0.0795 e. The first-order valence-corrected chi connectivity index (χ1v) is 7.40. The number of aromatic nitrogens is 1. The van der Waals surface area contributed by atoms with Gasteiger partial charge in [-0.05, 0) is 19.9 Å². The van der Waals surface area contributed by atoms with Gasteiger partial charge in [-0.3, -0.25) is 0 Å². The molecule has 3 heteroatoms. The number of hydrogen-bond donors (Lipinski definition) is 1. The predicted octanol–water partition coefficient (Wildman–Crippen LogP) is 4.15. The van der Waals surface area contributed by atoms with Gasteiger partial charge in [0.05, 0.1) is 11.2 Å². The second-order valence-electron chi connectivity index (χ2n) is 4.36. The minimum Gasteiger partial charge on any atom is -0.309 e. The first kappa shape index (κ1) is 13.7. The molecular weight excluding hydrogens is 216 g/mol. The molecule has 0 saturated carbocycles. The van der Waals surface area contributed by atoms with Crippen molar-refractivity contribution in [2.24, 2.45) is 0 Å². The summed E-state index contributed by atoms with van der Waals surface area (Å²) in [5.74, 6) is 0. The zero-order chi connectivity index (χ0) is 11.6. The maximum absolute atomic E-state index is 4.31. The normalized spacial score (nSPS) is 12.9. The van der Waals surface area contributed by atoms with E-state index in [1.54, 1.807) is 11.3 Å². The molecule has 16 heavy (non-hydrogen) atoms. The summed E-state index contributed by atoms with van der Waals surface area (Å²) in [7, 11) is 0. The lowest BCUT2D eigenvalue weighted by molar-refractivity contribution is 0.521. The van der Waals surface area contributed by atoms with Crippen LogP contribution in [-0.2, 0) is 0 Å². The van der Waals surface area contributed by atoms with Crippen LogP contribution in [0.1, 0.15) is 64.1 Å². The van der Waals surface area contributed by atoms with E-state index in [0.29, 0.717) is 6.04 Å². The van der Waals surface area contributed by atoms with E-state index in [-0.39, 0.29) is 0 Å². The summed E-state index contributed by atoms with van der Waals surface area (Å²) in [4.78, 5) is 4.31. The summed E-state index contributed by atoms with van der Waals surface area (Å²) in [5.41, 5.74) is 3.08. The van der Waals surface area contributed by atoms with Gasteiger partial charge in [-0.1, -0.05) is 39.0 Å². The Hall–Kier alpha value is -0.410. The van der Waals surface area contributed by atoms with Crippen LogP contribution < -0.4 is 5.32 Å². The van der Waals surface area contributed by atoms with Crippen molar-refractivity contribution in [3.8, 4) is 0 Å². The van der Waals surface area contributed by atoms with E-state index in [1.165, 1.54) is 44.2 Å². The number of rotatable bonds is 9. The SMILES string of the molecule is CCCCCCCCNC(C)c1cscn1. The van der Waals surface area contributed by atoms with Crippen LogP contribution in [0.4, 0.5) is 0 Å². The van der Waals surface area contributed by atoms with Crippen LogP contribution in [0, 0.1) is 0 Å². The Balaban J connectivity index is 1.95. The molecule has 1 heterocycles. The number of hydrogen-bond acceptors (Lipinski definition) is 3. The number of nitrogens with one attached hydrogen (secondary N) is 1. The zero-order valence-electron chi connectivity index (χ0n) is 10.5. The van der Waals surface area contributed by atoms with Gasteiger partial charge in [-0.2, -0.15) is 0 Å². The van der Waals surface area contributed by atoms with Crippen molar-refractivity contribution < 1.29 is 0 Å². The van der Waals surface area contributed by atoms with Crippen molar-refractivity contribution in [2.45, 2.75) is 58.4 Å². The summed E-state index contributed by atoms with van der Waals surface area (Å²) in [6.45, 7) is 5.56. The van der Waals surface area contributed by atoms with Gasteiger partial charge in [0.1, 0.15) is 0 Å². The lowest BCUT2D eigenvalue weighted by Crippen LogP contribution is -2.19. The second-order valence-corrected chi connectivity index (χ2v) is 5.08. The van der Waals surface area contributed by atoms with Gasteiger partial charge in [0.25, 0.3) is 0 Å². The molecule has 0 aliphatic heterocycles. The third-order valence-corrected chi connectivity index (χ3v) is 3.48. The molecule has 1 aromatic heterocycles. The fourth-order valence-electron chi connectivity index (χ4n) is 1.76. The Kier molecular flexibility index (Phi) is 7.43. The molecule has 0 radical (unpaired) electrons. The smallest absolute Gasteiger partial charge is 0.0795 e. The zero-order valence-corrected chi connectivity index (χ0v) is 11.4. The molecule has 0 aliphatic carbocycles. The van der Waals surface area contributed by atoms with Crippen LogP contribution in [0.2, 0.25) is 0 Å². The summed E-state index contributed by atoms with van der Waals surface area (Å²) in [6, 6.07) is 0.405. The first-order chi connectivity index (χ1) is 7.84. The average Bonchev–Trinajstić information content (AvgIpc) is 2.81. The molecule has 0 aliphatic rings. The fraction of sp³-hybridized carbons (Fsp3) is 0.769. The molecule has 0 bridgehead atoms. The van der Waals surface area contributed by atoms with Gasteiger partial charge in [0.15, 0.2) is 0 Å². The largest absolute Gasteiger partial charge is 0.309 e. The fourth-order valence-corrected chi connectivity index (χ4v) is 2.41. The van der Waals surface area contributed by atoms with E-state index < -0.39 is 0 Å². The van der Waals surface area contributed by atoms with Gasteiger partial charge < -0.3 is 5.32 Å². The highest BCUT2D eigenvalue weighted by Gasteiger charge is 2.05. The lowest BCUT2D eigenvalue weighted by atomic mass is 10.1. The van der Waals surface area contributed by atoms with E-state index in [2.05, 4.69) is 29.5 Å². The molecule has 2 nitrogen and oxygen atoms in total. The third kappa shape index (κ3) is 5.61. The quantitative estimate of drug-likeness (QED) is 0.656. The van der Waals surface area contributed by atoms with E-state index >= 15 is 0 Å². The van der Waals surface area contributed by atoms with E-state index in [4.69, 9.17) is 0 Å². The highest BCUT2D eigenvalue weighted by Crippen LogP contribution is 2.12. The van der Waals surface area contributed by atoms with Crippen LogP contribution in [-0.4, -0.2) is 11.5 Å². The molecule has 0 amide bonds. The average molecular weight is 240 g/mol. The molecule has 0 saturated heterocycles. The minimum atomic E-state index is 0.405. The van der Waals surface area contributed by atoms with Gasteiger partial charge in [-0.25, -0.2) is 4.98 Å². The van der Waals surface area contributed by atoms with Crippen LogP contribution in [0.25, 0.3) is 0 Å². The van der Waals surface area contributed by atoms with E-state index in [0.717, 1.165) is 6.54 Å². The van der Waals surface area contributed by atoms with Crippen molar-refractivity contribution in [1.82, 2.24) is 10.3 Å². The number of nitrogens with zero attached hydrogens (tertiary/aromatic N) is 1. The molecule has 1 aromatic rings. The summed E-state index contributed by atoms with van der Waals surface area (Å²) < 4.78 is 0. The van der Waals surface area contributed by atoms with Crippen LogP contribution in [0.3, 0.4) is 0 Å². The van der Waals surface area contributed by atoms with Crippen LogP contribution in [0.15, 0.2) is 10.9 Å². The monoisotopic (exact) mass is 240 g/mol. The van der Waals surface area contributed by atoms with Crippen molar-refractivity contribution in [3.63, 3.8) is 0 Å². The molecule has 92 valence electrons. The van der Waals surface area contributed by atoms with E-state index in [9.17, 15) is 0 Å². The van der Waals surface area contributed by atoms with Crippen molar-refractivity contribution >= 4 is 11.3 Å². The maximum atomic E-state index is 4.31. The molecule has 1 unspecified atom stereocenters. The first-order valence-electron chi connectivity index (χ1n) is 6.46. The van der Waals surface area contributed by atoms with Gasteiger partial charge >= 0.3 is 0 Å². The molecule has 0 fully saturated rings. The second kappa shape index (κ2) is 8.71. The van der Waals surface area contributed by atoms with Gasteiger partial charge in [0, 0.05) is 11.4 Å². The Morgan fingerprint density at radius 3 is 2.69 bits per heavy atom. The Morgan fingerprint density at radius 1 is 1.25 bits per heavy atom. The topological polar surface area (TPSA) is 24.9 Å². The molecule has 0 spiro atoms. The highest BCUT2D eigenvalue weighted by molar-refractivity contribution is 7.07. The Morgan fingerprint density at radius 2 is 2.00 bits per heavy atom. The summed E-state index contributed by atoms with van der Waals surface area (Å²) in [6.07, 6.45) is 8.16. The number of unbranched alkanes of at least 4 members (excludes halogenated alkanes) is 5. The highest BCUT2D eigenvalue weighted by atomic mass is 32.1. The predicted molar refractivity (Wildman–Crippen MR) is 71.9 cm³/mol. The van der Waals surface area contributed by atoms with E-state index in [1.807, 2.05) is 5.51 Å². The molecule has 1 atom stereocenters.